The van der Waals surface area contributed by atoms with Crippen LogP contribution in [-0.2, 0) is 16.6 Å². The van der Waals surface area contributed by atoms with E-state index in [2.05, 4.69) is 15.9 Å². The summed E-state index contributed by atoms with van der Waals surface area (Å²) in [6.45, 7) is 9.52. The maximum atomic E-state index is 12.9. The molecular formula is C15H25BrN2O2S. The van der Waals surface area contributed by atoms with Gasteiger partial charge in [-0.2, -0.15) is 4.31 Å². The zero-order valence-electron chi connectivity index (χ0n) is 13.1. The molecule has 0 saturated carbocycles. The Morgan fingerprint density at radius 2 is 1.67 bits per heavy atom. The summed E-state index contributed by atoms with van der Waals surface area (Å²) in [4.78, 5) is 0.306. The van der Waals surface area contributed by atoms with Gasteiger partial charge in [-0.05, 0) is 45.5 Å². The van der Waals surface area contributed by atoms with Crippen molar-refractivity contribution in [3.05, 3.63) is 28.2 Å². The van der Waals surface area contributed by atoms with E-state index in [4.69, 9.17) is 5.73 Å². The average molecular weight is 377 g/mol. The molecule has 0 atom stereocenters. The Labute approximate surface area is 136 Å². The van der Waals surface area contributed by atoms with Crippen LogP contribution in [0.25, 0.3) is 0 Å². The van der Waals surface area contributed by atoms with E-state index >= 15 is 0 Å². The second kappa shape index (κ2) is 7.72. The molecule has 4 nitrogen and oxygen atoms in total. The summed E-state index contributed by atoms with van der Waals surface area (Å²) in [7, 11) is -3.50. The largest absolute Gasteiger partial charge is 0.326 e. The molecule has 1 rings (SSSR count). The van der Waals surface area contributed by atoms with Crippen LogP contribution in [0.15, 0.2) is 27.6 Å². The Kier molecular flexibility index (Phi) is 6.84. The molecule has 0 radical (unpaired) electrons. The van der Waals surface area contributed by atoms with Crippen molar-refractivity contribution in [2.75, 3.05) is 13.1 Å². The number of sulfonamides is 1. The van der Waals surface area contributed by atoms with Crippen LogP contribution in [0.5, 0.6) is 0 Å². The molecule has 0 aliphatic carbocycles. The van der Waals surface area contributed by atoms with Crippen molar-refractivity contribution in [2.45, 2.75) is 39.1 Å². The third-order valence-electron chi connectivity index (χ3n) is 2.99. The maximum absolute atomic E-state index is 12.9. The normalized spacial score (nSPS) is 12.6. The van der Waals surface area contributed by atoms with E-state index in [0.29, 0.717) is 29.0 Å². The quantitative estimate of drug-likeness (QED) is 0.794. The lowest BCUT2D eigenvalue weighted by atomic mass is 10.2. The summed E-state index contributed by atoms with van der Waals surface area (Å²) in [6.07, 6.45) is 0. The molecule has 6 heteroatoms. The van der Waals surface area contributed by atoms with E-state index in [9.17, 15) is 8.42 Å². The highest BCUT2D eigenvalue weighted by atomic mass is 79.9. The van der Waals surface area contributed by atoms with Gasteiger partial charge in [0.25, 0.3) is 0 Å². The Hall–Kier alpha value is -0.430. The highest BCUT2D eigenvalue weighted by Crippen LogP contribution is 2.27. The second-order valence-electron chi connectivity index (χ2n) is 6.08. The van der Waals surface area contributed by atoms with Crippen molar-refractivity contribution in [2.24, 2.45) is 17.6 Å². The summed E-state index contributed by atoms with van der Waals surface area (Å²) in [6, 6.07) is 5.17. The molecule has 0 spiro atoms. The van der Waals surface area contributed by atoms with Gasteiger partial charge < -0.3 is 5.73 Å². The number of hydrogen-bond acceptors (Lipinski definition) is 3. The molecular weight excluding hydrogens is 352 g/mol. The lowest BCUT2D eigenvalue weighted by molar-refractivity contribution is 0.333. The van der Waals surface area contributed by atoms with Crippen LogP contribution in [0.3, 0.4) is 0 Å². The predicted molar refractivity (Wildman–Crippen MR) is 90.5 cm³/mol. The van der Waals surface area contributed by atoms with E-state index < -0.39 is 10.0 Å². The number of hydrogen-bond donors (Lipinski definition) is 1. The van der Waals surface area contributed by atoms with Gasteiger partial charge in [-0.25, -0.2) is 8.42 Å². The van der Waals surface area contributed by atoms with Crippen LogP contribution in [0.4, 0.5) is 0 Å². The molecule has 0 saturated heterocycles. The molecule has 0 amide bonds. The Bertz CT molecular complexity index is 561. The van der Waals surface area contributed by atoms with Gasteiger partial charge in [0.2, 0.25) is 10.0 Å². The number of halogens is 1. The number of nitrogens with two attached hydrogens (primary N) is 1. The minimum Gasteiger partial charge on any atom is -0.326 e. The van der Waals surface area contributed by atoms with Crippen LogP contribution in [0.1, 0.15) is 33.3 Å². The molecule has 0 fully saturated rings. The van der Waals surface area contributed by atoms with E-state index in [0.717, 1.165) is 5.56 Å². The van der Waals surface area contributed by atoms with Crippen LogP contribution < -0.4 is 5.73 Å². The van der Waals surface area contributed by atoms with Gasteiger partial charge in [-0.1, -0.05) is 33.8 Å². The molecule has 0 bridgehead atoms. The molecule has 120 valence electrons. The predicted octanol–water partition coefficient (Wildman–Crippen LogP) is 3.21. The highest BCUT2D eigenvalue weighted by Gasteiger charge is 2.27. The van der Waals surface area contributed by atoms with Crippen molar-refractivity contribution in [1.29, 1.82) is 0 Å². The minimum atomic E-state index is -3.50. The summed E-state index contributed by atoms with van der Waals surface area (Å²) < 4.78 is 27.9. The summed E-state index contributed by atoms with van der Waals surface area (Å²) in [5, 5.41) is 0. The van der Waals surface area contributed by atoms with Crippen molar-refractivity contribution < 1.29 is 8.42 Å². The van der Waals surface area contributed by atoms with Crippen molar-refractivity contribution in [3.8, 4) is 0 Å². The second-order valence-corrected chi connectivity index (χ2v) is 8.84. The SMILES string of the molecule is CC(C)CN(CC(C)C)S(=O)(=O)c1ccc(CN)cc1Br. The molecule has 0 unspecified atom stereocenters. The smallest absolute Gasteiger partial charge is 0.244 e. The van der Waals surface area contributed by atoms with E-state index in [1.54, 1.807) is 22.5 Å². The highest BCUT2D eigenvalue weighted by molar-refractivity contribution is 9.10. The number of rotatable bonds is 7. The van der Waals surface area contributed by atoms with E-state index in [-0.39, 0.29) is 11.8 Å². The molecule has 21 heavy (non-hydrogen) atoms. The Morgan fingerprint density at radius 3 is 2.05 bits per heavy atom. The first kappa shape index (κ1) is 18.6. The van der Waals surface area contributed by atoms with Gasteiger partial charge in [0.1, 0.15) is 0 Å². The third kappa shape index (κ3) is 5.06. The average Bonchev–Trinajstić information content (AvgIpc) is 2.36. The van der Waals surface area contributed by atoms with Gasteiger partial charge in [-0.15, -0.1) is 0 Å². The van der Waals surface area contributed by atoms with Gasteiger partial charge in [-0.3, -0.25) is 0 Å². The van der Waals surface area contributed by atoms with Crippen molar-refractivity contribution in [1.82, 2.24) is 4.31 Å². The number of benzene rings is 1. The van der Waals surface area contributed by atoms with Crippen LogP contribution >= 0.6 is 15.9 Å². The Morgan fingerprint density at radius 1 is 1.14 bits per heavy atom. The maximum Gasteiger partial charge on any atom is 0.244 e. The van der Waals surface area contributed by atoms with Crippen molar-refractivity contribution in [3.63, 3.8) is 0 Å². The van der Waals surface area contributed by atoms with Crippen LogP contribution in [0.2, 0.25) is 0 Å². The fraction of sp³-hybridized carbons (Fsp3) is 0.600. The standard InChI is InChI=1S/C15H25BrN2O2S/c1-11(2)9-18(10-12(3)4)21(19,20)15-6-5-13(8-17)7-14(15)16/h5-7,11-12H,8-10,17H2,1-4H3. The molecule has 1 aromatic rings. The number of nitrogens with zero attached hydrogens (tertiary/aromatic N) is 1. The molecule has 0 heterocycles. The summed E-state index contributed by atoms with van der Waals surface area (Å²) >= 11 is 3.36. The fourth-order valence-corrected chi connectivity index (χ4v) is 4.96. The minimum absolute atomic E-state index is 0.278. The van der Waals surface area contributed by atoms with Crippen molar-refractivity contribution >= 4 is 26.0 Å². The topological polar surface area (TPSA) is 63.4 Å². The first-order chi connectivity index (χ1) is 9.68. The van der Waals surface area contributed by atoms with Gasteiger partial charge >= 0.3 is 0 Å². The monoisotopic (exact) mass is 376 g/mol. The van der Waals surface area contributed by atoms with Gasteiger partial charge in [0.05, 0.1) is 4.90 Å². The van der Waals surface area contributed by atoms with Gasteiger partial charge in [0.15, 0.2) is 0 Å². The first-order valence-electron chi connectivity index (χ1n) is 7.17. The zero-order chi connectivity index (χ0) is 16.2. The van der Waals surface area contributed by atoms with Gasteiger partial charge in [0, 0.05) is 24.1 Å². The lowest BCUT2D eigenvalue weighted by Crippen LogP contribution is -2.37. The zero-order valence-corrected chi connectivity index (χ0v) is 15.5. The molecule has 2 N–H and O–H groups in total. The summed E-state index contributed by atoms with van der Waals surface area (Å²) in [5.41, 5.74) is 6.49. The lowest BCUT2D eigenvalue weighted by Gasteiger charge is -2.26. The third-order valence-corrected chi connectivity index (χ3v) is 5.80. The summed E-state index contributed by atoms with van der Waals surface area (Å²) in [5.74, 6) is 0.557. The molecule has 0 aromatic heterocycles. The van der Waals surface area contributed by atoms with Crippen LogP contribution in [-0.4, -0.2) is 25.8 Å². The molecule has 0 aliphatic heterocycles. The van der Waals surface area contributed by atoms with E-state index in [1.165, 1.54) is 0 Å². The Balaban J connectivity index is 3.21. The fourth-order valence-electron chi connectivity index (χ4n) is 2.10. The molecule has 1 aromatic carbocycles. The van der Waals surface area contributed by atoms with E-state index in [1.807, 2.05) is 27.7 Å². The molecule has 0 aliphatic rings. The first-order valence-corrected chi connectivity index (χ1v) is 9.40. The van der Waals surface area contributed by atoms with Crippen LogP contribution in [0, 0.1) is 11.8 Å².